The van der Waals surface area contributed by atoms with Gasteiger partial charge in [0.25, 0.3) is 5.56 Å². The van der Waals surface area contributed by atoms with E-state index in [0.29, 0.717) is 45.3 Å². The third kappa shape index (κ3) is 6.71. The van der Waals surface area contributed by atoms with Crippen molar-refractivity contribution in [3.63, 3.8) is 0 Å². The molecule has 1 aromatic heterocycles. The summed E-state index contributed by atoms with van der Waals surface area (Å²) in [6, 6.07) is 18.8. The number of halogens is 2. The van der Waals surface area contributed by atoms with E-state index in [2.05, 4.69) is 36.9 Å². The lowest BCUT2D eigenvalue weighted by Crippen LogP contribution is -2.39. The van der Waals surface area contributed by atoms with E-state index in [1.807, 2.05) is 80.6 Å². The number of nitrogens with zero attached hydrogens (tertiary/aromatic N) is 2. The van der Waals surface area contributed by atoms with Crippen LogP contribution in [0.3, 0.4) is 0 Å². The summed E-state index contributed by atoms with van der Waals surface area (Å²) in [5, 5.41) is 0. The number of fused-ring (bicyclic) bond motifs is 1. The molecule has 222 valence electrons. The number of allylic oxidation sites excluding steroid dienone is 1. The molecule has 0 radical (unpaired) electrons. The zero-order chi connectivity index (χ0) is 30.7. The van der Waals surface area contributed by atoms with Gasteiger partial charge in [0, 0.05) is 8.95 Å². The fourth-order valence-corrected chi connectivity index (χ4v) is 6.52. The topological polar surface area (TPSA) is 79.1 Å². The first kappa shape index (κ1) is 31.0. The summed E-state index contributed by atoms with van der Waals surface area (Å²) in [6.07, 6.45) is 1.81. The van der Waals surface area contributed by atoms with Gasteiger partial charge in [0.2, 0.25) is 0 Å². The average Bonchev–Trinajstić information content (AvgIpc) is 3.28. The maximum Gasteiger partial charge on any atom is 0.338 e. The van der Waals surface area contributed by atoms with E-state index in [9.17, 15) is 9.59 Å². The van der Waals surface area contributed by atoms with Gasteiger partial charge in [0.15, 0.2) is 16.3 Å². The summed E-state index contributed by atoms with van der Waals surface area (Å²) < 4.78 is 21.2. The zero-order valence-corrected chi connectivity index (χ0v) is 28.1. The van der Waals surface area contributed by atoms with E-state index >= 15 is 0 Å². The number of thiazole rings is 1. The SMILES string of the molecule is CCOC(=O)C1=C(C)N=c2s/c(=C\c3cc(OCC)c(OCc4ccc(Br)cc4)cc3Br)c(=O)n2[C@@H]1c1ccc(C)cc1. The smallest absolute Gasteiger partial charge is 0.338 e. The van der Waals surface area contributed by atoms with Gasteiger partial charge >= 0.3 is 5.97 Å². The first-order valence-electron chi connectivity index (χ1n) is 13.8. The summed E-state index contributed by atoms with van der Waals surface area (Å²) in [6.45, 7) is 8.49. The molecule has 10 heteroatoms. The largest absolute Gasteiger partial charge is 0.490 e. The minimum atomic E-state index is -0.658. The Bertz CT molecular complexity index is 1880. The second-order valence-electron chi connectivity index (χ2n) is 9.88. The molecule has 0 saturated heterocycles. The second-order valence-corrected chi connectivity index (χ2v) is 12.7. The number of ether oxygens (including phenoxy) is 3. The maximum atomic E-state index is 14.0. The standard InChI is InChI=1S/C33H30Br2N2O5S/c1-5-40-26-15-23(25(35)17-27(26)42-18-21-9-13-24(34)14-10-21)16-28-31(38)37-30(22-11-7-19(3)8-12-22)29(32(39)41-6-2)20(4)36-33(37)43-28/h7-17,30H,5-6,18H2,1-4H3/b28-16-/t30-/m1/s1. The zero-order valence-electron chi connectivity index (χ0n) is 24.1. The summed E-state index contributed by atoms with van der Waals surface area (Å²) in [4.78, 5) is 32.3. The molecule has 3 aromatic carbocycles. The lowest BCUT2D eigenvalue weighted by atomic mass is 9.95. The highest BCUT2D eigenvalue weighted by Gasteiger charge is 2.33. The van der Waals surface area contributed by atoms with E-state index in [-0.39, 0.29) is 12.2 Å². The van der Waals surface area contributed by atoms with Crippen LogP contribution in [0.1, 0.15) is 49.1 Å². The molecule has 0 bridgehead atoms. The number of hydrogen-bond acceptors (Lipinski definition) is 7. The highest BCUT2D eigenvalue weighted by Crippen LogP contribution is 2.35. The molecular formula is C33H30Br2N2O5S. The van der Waals surface area contributed by atoms with Crippen molar-refractivity contribution < 1.29 is 19.0 Å². The molecule has 7 nitrogen and oxygen atoms in total. The Morgan fingerprint density at radius 2 is 1.67 bits per heavy atom. The van der Waals surface area contributed by atoms with Crippen LogP contribution in [0.4, 0.5) is 0 Å². The first-order chi connectivity index (χ1) is 20.7. The highest BCUT2D eigenvalue weighted by atomic mass is 79.9. The predicted octanol–water partition coefficient (Wildman–Crippen LogP) is 6.61. The maximum absolute atomic E-state index is 14.0. The van der Waals surface area contributed by atoms with E-state index in [1.165, 1.54) is 11.3 Å². The molecule has 0 aliphatic carbocycles. The Hall–Kier alpha value is -3.47. The molecule has 0 spiro atoms. The molecule has 4 aromatic rings. The van der Waals surface area contributed by atoms with Gasteiger partial charge in [0.05, 0.1) is 35.1 Å². The molecule has 0 saturated carbocycles. The van der Waals surface area contributed by atoms with Crippen LogP contribution in [0.2, 0.25) is 0 Å². The first-order valence-corrected chi connectivity index (χ1v) is 16.2. The molecule has 1 atom stereocenters. The number of hydrogen-bond donors (Lipinski definition) is 0. The van der Waals surface area contributed by atoms with Crippen molar-refractivity contribution in [3.8, 4) is 11.5 Å². The summed E-state index contributed by atoms with van der Waals surface area (Å²) in [5.74, 6) is 0.676. The van der Waals surface area contributed by atoms with Crippen LogP contribution in [0, 0.1) is 6.92 Å². The van der Waals surface area contributed by atoms with Crippen LogP contribution in [0.15, 0.2) is 90.7 Å². The molecule has 2 heterocycles. The Labute approximate surface area is 270 Å². The fourth-order valence-electron chi connectivity index (χ4n) is 4.78. The van der Waals surface area contributed by atoms with Gasteiger partial charge in [-0.3, -0.25) is 9.36 Å². The van der Waals surface area contributed by atoms with Gasteiger partial charge in [-0.2, -0.15) is 0 Å². The van der Waals surface area contributed by atoms with Crippen molar-refractivity contribution in [2.24, 2.45) is 4.99 Å². The number of aryl methyl sites for hydroxylation is 1. The van der Waals surface area contributed by atoms with Crippen LogP contribution in [0.25, 0.3) is 6.08 Å². The number of carbonyl (C=O) groups excluding carboxylic acids is 1. The van der Waals surface area contributed by atoms with Crippen molar-refractivity contribution in [2.75, 3.05) is 13.2 Å². The van der Waals surface area contributed by atoms with Crippen molar-refractivity contribution >= 4 is 55.2 Å². The van der Waals surface area contributed by atoms with E-state index < -0.39 is 12.0 Å². The number of carbonyl (C=O) groups is 1. The van der Waals surface area contributed by atoms with Gasteiger partial charge in [-0.05, 0) is 74.7 Å². The minimum Gasteiger partial charge on any atom is -0.490 e. The number of esters is 1. The van der Waals surface area contributed by atoms with Crippen molar-refractivity contribution in [2.45, 2.75) is 40.3 Å². The van der Waals surface area contributed by atoms with Crippen molar-refractivity contribution in [1.29, 1.82) is 0 Å². The molecule has 5 rings (SSSR count). The van der Waals surface area contributed by atoms with Gasteiger partial charge in [0.1, 0.15) is 6.61 Å². The number of benzene rings is 3. The Morgan fingerprint density at radius 1 is 0.977 bits per heavy atom. The van der Waals surface area contributed by atoms with Gasteiger partial charge in [-0.15, -0.1) is 0 Å². The molecular weight excluding hydrogens is 696 g/mol. The summed E-state index contributed by atoms with van der Waals surface area (Å²) in [5.41, 5.74) is 4.30. The summed E-state index contributed by atoms with van der Waals surface area (Å²) in [7, 11) is 0. The minimum absolute atomic E-state index is 0.222. The van der Waals surface area contributed by atoms with Gasteiger partial charge in [-0.1, -0.05) is 85.2 Å². The third-order valence-electron chi connectivity index (χ3n) is 6.87. The van der Waals surface area contributed by atoms with Crippen LogP contribution in [-0.4, -0.2) is 23.8 Å². The van der Waals surface area contributed by atoms with Crippen LogP contribution in [0.5, 0.6) is 11.5 Å². The van der Waals surface area contributed by atoms with Crippen LogP contribution in [-0.2, 0) is 16.1 Å². The average molecular weight is 726 g/mol. The molecule has 1 aliphatic rings. The van der Waals surface area contributed by atoms with Crippen molar-refractivity contribution in [3.05, 3.63) is 123 Å². The second kappa shape index (κ2) is 13.4. The fraction of sp³-hybridized carbons (Fsp3) is 0.242. The lowest BCUT2D eigenvalue weighted by molar-refractivity contribution is -0.139. The Balaban J connectivity index is 1.58. The predicted molar refractivity (Wildman–Crippen MR) is 175 cm³/mol. The van der Waals surface area contributed by atoms with E-state index in [1.54, 1.807) is 18.4 Å². The number of rotatable bonds is 9. The lowest BCUT2D eigenvalue weighted by Gasteiger charge is -2.24. The monoisotopic (exact) mass is 724 g/mol. The quantitative estimate of drug-likeness (QED) is 0.182. The third-order valence-corrected chi connectivity index (χ3v) is 9.07. The highest BCUT2D eigenvalue weighted by molar-refractivity contribution is 9.10. The van der Waals surface area contributed by atoms with Crippen LogP contribution >= 0.6 is 43.2 Å². The van der Waals surface area contributed by atoms with Crippen molar-refractivity contribution in [1.82, 2.24) is 4.57 Å². The molecule has 0 fully saturated rings. The van der Waals surface area contributed by atoms with E-state index in [0.717, 1.165) is 31.2 Å². The van der Waals surface area contributed by atoms with Gasteiger partial charge in [-0.25, -0.2) is 9.79 Å². The van der Waals surface area contributed by atoms with E-state index in [4.69, 9.17) is 14.2 Å². The molecule has 43 heavy (non-hydrogen) atoms. The summed E-state index contributed by atoms with van der Waals surface area (Å²) >= 11 is 8.39. The van der Waals surface area contributed by atoms with Gasteiger partial charge < -0.3 is 14.2 Å². The Morgan fingerprint density at radius 3 is 2.35 bits per heavy atom. The molecule has 0 N–H and O–H groups in total. The normalized spacial score (nSPS) is 14.7. The molecule has 1 aliphatic heterocycles. The molecule has 0 amide bonds. The van der Waals surface area contributed by atoms with Crippen LogP contribution < -0.4 is 24.4 Å². The Kier molecular flexibility index (Phi) is 9.68. The number of aromatic nitrogens is 1. The molecule has 0 unspecified atom stereocenters.